The summed E-state index contributed by atoms with van der Waals surface area (Å²) >= 11 is 12.5. The molecule has 0 saturated carbocycles. The van der Waals surface area contributed by atoms with E-state index < -0.39 is 0 Å². The van der Waals surface area contributed by atoms with Crippen LogP contribution in [0.5, 0.6) is 0 Å². The minimum absolute atomic E-state index is 0.297. The molecule has 9 heteroatoms. The van der Waals surface area contributed by atoms with E-state index in [2.05, 4.69) is 20.2 Å². The number of nitrogens with zero attached hydrogens (tertiary/aromatic N) is 4. The van der Waals surface area contributed by atoms with Crippen LogP contribution in [0.15, 0.2) is 65.8 Å². The highest BCUT2D eigenvalue weighted by atomic mass is 35.5. The van der Waals surface area contributed by atoms with Crippen LogP contribution in [0.1, 0.15) is 6.42 Å². The molecule has 32 heavy (non-hydrogen) atoms. The number of rotatable bonds is 7. The average molecular weight is 469 g/mol. The molecule has 0 saturated heterocycles. The van der Waals surface area contributed by atoms with Gasteiger partial charge in [0, 0.05) is 37.2 Å². The zero-order chi connectivity index (χ0) is 22.7. The van der Waals surface area contributed by atoms with E-state index in [9.17, 15) is 4.79 Å². The second kappa shape index (κ2) is 9.56. The van der Waals surface area contributed by atoms with Crippen LogP contribution in [0.2, 0.25) is 10.0 Å². The number of aromatic nitrogens is 3. The lowest BCUT2D eigenvalue weighted by molar-refractivity contribution is 0.796. The van der Waals surface area contributed by atoms with E-state index in [4.69, 9.17) is 28.9 Å². The SMILES string of the molecule is CN(CCCN)c1ccc(Nc2cc3ncn(-c4c(Cl)cccc4Cl)c(=O)c3cn2)cc1. The molecule has 164 valence electrons. The summed E-state index contributed by atoms with van der Waals surface area (Å²) in [5, 5.41) is 4.35. The van der Waals surface area contributed by atoms with Gasteiger partial charge in [-0.25, -0.2) is 9.97 Å². The third-order valence-corrected chi connectivity index (χ3v) is 5.71. The molecule has 0 aliphatic rings. The van der Waals surface area contributed by atoms with Gasteiger partial charge in [0.05, 0.1) is 26.6 Å². The minimum atomic E-state index is -0.297. The standard InChI is InChI=1S/C23H22Cl2N6O/c1-30(11-3-10-26)16-8-6-15(7-9-16)29-21-12-20-17(13-27-21)23(32)31(14-28-20)22-18(24)4-2-5-19(22)25/h2,4-9,12-14H,3,10-11,26H2,1H3,(H,27,29). The quantitative estimate of drug-likeness (QED) is 0.411. The molecule has 2 aromatic heterocycles. The van der Waals surface area contributed by atoms with Gasteiger partial charge in [-0.2, -0.15) is 0 Å². The molecule has 4 aromatic rings. The van der Waals surface area contributed by atoms with E-state index in [0.29, 0.717) is 39.0 Å². The van der Waals surface area contributed by atoms with Crippen molar-refractivity contribution in [3.8, 4) is 5.69 Å². The highest BCUT2D eigenvalue weighted by molar-refractivity contribution is 6.37. The molecule has 4 rings (SSSR count). The van der Waals surface area contributed by atoms with Gasteiger partial charge >= 0.3 is 0 Å². The first-order valence-corrected chi connectivity index (χ1v) is 10.8. The van der Waals surface area contributed by atoms with Gasteiger partial charge in [0.15, 0.2) is 0 Å². The summed E-state index contributed by atoms with van der Waals surface area (Å²) in [5.74, 6) is 0.585. The van der Waals surface area contributed by atoms with Crippen molar-refractivity contribution in [1.29, 1.82) is 0 Å². The van der Waals surface area contributed by atoms with Crippen LogP contribution < -0.4 is 21.5 Å². The van der Waals surface area contributed by atoms with Gasteiger partial charge in [-0.1, -0.05) is 29.3 Å². The monoisotopic (exact) mass is 468 g/mol. The van der Waals surface area contributed by atoms with E-state index in [-0.39, 0.29) is 5.56 Å². The van der Waals surface area contributed by atoms with E-state index in [1.165, 1.54) is 17.1 Å². The first-order chi connectivity index (χ1) is 15.5. The van der Waals surface area contributed by atoms with E-state index in [1.807, 2.05) is 31.3 Å². The van der Waals surface area contributed by atoms with Crippen LogP contribution in [-0.4, -0.2) is 34.7 Å². The Labute approximate surface area is 195 Å². The number of hydrogen-bond donors (Lipinski definition) is 2. The summed E-state index contributed by atoms with van der Waals surface area (Å²) < 4.78 is 1.33. The zero-order valence-electron chi connectivity index (χ0n) is 17.4. The second-order valence-electron chi connectivity index (χ2n) is 7.31. The predicted molar refractivity (Wildman–Crippen MR) is 132 cm³/mol. The van der Waals surface area contributed by atoms with Gasteiger partial charge in [0.25, 0.3) is 5.56 Å². The van der Waals surface area contributed by atoms with Crippen LogP contribution in [0.4, 0.5) is 17.2 Å². The highest BCUT2D eigenvalue weighted by Crippen LogP contribution is 2.27. The zero-order valence-corrected chi connectivity index (χ0v) is 18.9. The van der Waals surface area contributed by atoms with Gasteiger partial charge in [0.1, 0.15) is 12.1 Å². The Balaban J connectivity index is 1.59. The van der Waals surface area contributed by atoms with Gasteiger partial charge < -0.3 is 16.0 Å². The Hall–Kier alpha value is -3.13. The van der Waals surface area contributed by atoms with E-state index >= 15 is 0 Å². The number of nitrogens with two attached hydrogens (primary N) is 1. The Morgan fingerprint density at radius 2 is 1.81 bits per heavy atom. The smallest absolute Gasteiger partial charge is 0.267 e. The predicted octanol–water partition coefficient (Wildman–Crippen LogP) is 4.62. The van der Waals surface area contributed by atoms with Crippen LogP contribution in [0, 0.1) is 0 Å². The van der Waals surface area contributed by atoms with Crippen molar-refractivity contribution < 1.29 is 0 Å². The topological polar surface area (TPSA) is 89.1 Å². The van der Waals surface area contributed by atoms with Crippen molar-refractivity contribution >= 4 is 51.3 Å². The Morgan fingerprint density at radius 3 is 2.50 bits per heavy atom. The third kappa shape index (κ3) is 4.55. The average Bonchev–Trinajstić information content (AvgIpc) is 2.79. The van der Waals surface area contributed by atoms with E-state index in [1.54, 1.807) is 24.3 Å². The normalized spacial score (nSPS) is 11.0. The Kier molecular flexibility index (Phi) is 6.60. The first kappa shape index (κ1) is 22.1. The lowest BCUT2D eigenvalue weighted by Crippen LogP contribution is -2.20. The van der Waals surface area contributed by atoms with Crippen molar-refractivity contribution in [2.75, 3.05) is 30.4 Å². The molecule has 0 aliphatic carbocycles. The minimum Gasteiger partial charge on any atom is -0.375 e. The molecular formula is C23H22Cl2N6O. The summed E-state index contributed by atoms with van der Waals surface area (Å²) in [6, 6.07) is 14.8. The second-order valence-corrected chi connectivity index (χ2v) is 8.13. The fourth-order valence-electron chi connectivity index (χ4n) is 3.37. The van der Waals surface area contributed by atoms with Gasteiger partial charge in [0.2, 0.25) is 0 Å². The maximum absolute atomic E-state index is 13.0. The summed E-state index contributed by atoms with van der Waals surface area (Å²) in [6.07, 6.45) is 3.87. The Bertz CT molecular complexity index is 1290. The van der Waals surface area contributed by atoms with Crippen molar-refractivity contribution in [1.82, 2.24) is 14.5 Å². The Morgan fingerprint density at radius 1 is 1.09 bits per heavy atom. The number of fused-ring (bicyclic) bond motifs is 1. The molecule has 0 unspecified atom stereocenters. The van der Waals surface area contributed by atoms with Gasteiger partial charge in [-0.3, -0.25) is 9.36 Å². The molecule has 3 N–H and O–H groups in total. The van der Waals surface area contributed by atoms with Crippen LogP contribution in [-0.2, 0) is 0 Å². The summed E-state index contributed by atoms with van der Waals surface area (Å²) in [6.45, 7) is 1.57. The molecule has 0 bridgehead atoms. The number of para-hydroxylation sites is 1. The highest BCUT2D eigenvalue weighted by Gasteiger charge is 2.13. The lowest BCUT2D eigenvalue weighted by Gasteiger charge is -2.19. The molecule has 7 nitrogen and oxygen atoms in total. The molecule has 0 atom stereocenters. The number of anilines is 3. The van der Waals surface area contributed by atoms with Crippen LogP contribution in [0.25, 0.3) is 16.6 Å². The molecule has 2 aromatic carbocycles. The molecular weight excluding hydrogens is 447 g/mol. The molecule has 0 radical (unpaired) electrons. The number of halogens is 2. The number of benzene rings is 2. The van der Waals surface area contributed by atoms with Crippen molar-refractivity contribution in [2.24, 2.45) is 5.73 Å². The number of nitrogens with one attached hydrogen (secondary N) is 1. The fraction of sp³-hybridized carbons (Fsp3) is 0.174. The largest absolute Gasteiger partial charge is 0.375 e. The molecule has 0 aliphatic heterocycles. The maximum atomic E-state index is 13.0. The van der Waals surface area contributed by atoms with Crippen molar-refractivity contribution in [2.45, 2.75) is 6.42 Å². The molecule has 2 heterocycles. The van der Waals surface area contributed by atoms with Gasteiger partial charge in [-0.15, -0.1) is 0 Å². The van der Waals surface area contributed by atoms with Crippen LogP contribution >= 0.6 is 23.2 Å². The lowest BCUT2D eigenvalue weighted by atomic mass is 10.2. The molecule has 0 fully saturated rings. The third-order valence-electron chi connectivity index (χ3n) is 5.10. The first-order valence-electron chi connectivity index (χ1n) is 10.1. The fourth-order valence-corrected chi connectivity index (χ4v) is 3.95. The molecule has 0 spiro atoms. The number of pyridine rings is 1. The van der Waals surface area contributed by atoms with Crippen LogP contribution in [0.3, 0.4) is 0 Å². The van der Waals surface area contributed by atoms with E-state index in [0.717, 1.165) is 24.3 Å². The van der Waals surface area contributed by atoms with Crippen molar-refractivity contribution in [3.05, 3.63) is 81.5 Å². The molecule has 0 amide bonds. The van der Waals surface area contributed by atoms with Crippen molar-refractivity contribution in [3.63, 3.8) is 0 Å². The number of hydrogen-bond acceptors (Lipinski definition) is 6. The maximum Gasteiger partial charge on any atom is 0.267 e. The summed E-state index contributed by atoms with van der Waals surface area (Å²) in [7, 11) is 2.04. The van der Waals surface area contributed by atoms with Gasteiger partial charge in [-0.05, 0) is 49.4 Å². The summed E-state index contributed by atoms with van der Waals surface area (Å²) in [4.78, 5) is 24.0. The summed E-state index contributed by atoms with van der Waals surface area (Å²) in [5.41, 5.74) is 8.19.